The van der Waals surface area contributed by atoms with Crippen molar-refractivity contribution in [3.8, 4) is 22.3 Å². The minimum absolute atomic E-state index is 1.11. The van der Waals surface area contributed by atoms with Crippen molar-refractivity contribution in [1.82, 2.24) is 0 Å². The Morgan fingerprint density at radius 3 is 0.964 bits per heavy atom. The lowest BCUT2D eigenvalue weighted by Crippen LogP contribution is -2.10. The molecule has 0 unspecified atom stereocenters. The Kier molecular flexibility index (Phi) is 7.25. The van der Waals surface area contributed by atoms with Gasteiger partial charge in [0.15, 0.2) is 0 Å². The van der Waals surface area contributed by atoms with Crippen molar-refractivity contribution < 1.29 is 0 Å². The average Bonchev–Trinajstić information content (AvgIpc) is 3.26. The number of rotatable bonds is 5. The third kappa shape index (κ3) is 5.16. The first-order valence-electron chi connectivity index (χ1n) is 19.0. The predicted octanol–water partition coefficient (Wildman–Crippen LogP) is 15.4. The third-order valence-corrected chi connectivity index (χ3v) is 11.4. The number of nitrogens with zero attached hydrogens (tertiary/aromatic N) is 1. The van der Waals surface area contributed by atoms with Gasteiger partial charge in [-0.05, 0) is 124 Å². The lowest BCUT2D eigenvalue weighted by molar-refractivity contribution is 1.30. The standard InChI is InChI=1S/C54H35N/c1-4-16-43-38(13-1)33-52(49-22-9-7-19-46(43)49)36-25-29-41(30-26-36)55(54-35-40-15-3-6-18-45(40)48-21-11-12-24-51(48)54)42-31-27-37(28-32-42)53-34-39-14-2-5-17-44(39)47-20-8-10-23-50(47)53/h1-35H. The maximum absolute atomic E-state index is 2.43. The molecule has 0 aliphatic carbocycles. The van der Waals surface area contributed by atoms with Crippen LogP contribution in [0.3, 0.4) is 0 Å². The maximum Gasteiger partial charge on any atom is 0.0546 e. The minimum atomic E-state index is 1.11. The summed E-state index contributed by atoms with van der Waals surface area (Å²) in [7, 11) is 0. The molecule has 0 aromatic heterocycles. The molecule has 0 spiro atoms. The fraction of sp³-hybridized carbons (Fsp3) is 0. The number of anilines is 3. The first kappa shape index (κ1) is 31.3. The van der Waals surface area contributed by atoms with Gasteiger partial charge < -0.3 is 4.90 Å². The van der Waals surface area contributed by atoms with E-state index in [2.05, 4.69) is 217 Å². The van der Waals surface area contributed by atoms with Gasteiger partial charge in [-0.15, -0.1) is 0 Å². The Morgan fingerprint density at radius 1 is 0.236 bits per heavy atom. The van der Waals surface area contributed by atoms with Gasteiger partial charge in [0, 0.05) is 16.8 Å². The molecule has 0 radical (unpaired) electrons. The second kappa shape index (κ2) is 12.7. The van der Waals surface area contributed by atoms with E-state index in [-0.39, 0.29) is 0 Å². The van der Waals surface area contributed by atoms with E-state index in [4.69, 9.17) is 0 Å². The Morgan fingerprint density at radius 2 is 0.545 bits per heavy atom. The number of fused-ring (bicyclic) bond motifs is 9. The molecule has 55 heavy (non-hydrogen) atoms. The molecule has 11 rings (SSSR count). The second-order valence-corrected chi connectivity index (χ2v) is 14.5. The fourth-order valence-electron chi connectivity index (χ4n) is 8.81. The van der Waals surface area contributed by atoms with Crippen molar-refractivity contribution in [2.24, 2.45) is 0 Å². The van der Waals surface area contributed by atoms with Crippen molar-refractivity contribution >= 4 is 81.7 Å². The van der Waals surface area contributed by atoms with E-state index in [0.717, 1.165) is 17.1 Å². The summed E-state index contributed by atoms with van der Waals surface area (Å²) in [5.41, 5.74) is 8.27. The van der Waals surface area contributed by atoms with E-state index in [1.807, 2.05) is 0 Å². The van der Waals surface area contributed by atoms with E-state index >= 15 is 0 Å². The Labute approximate surface area is 320 Å². The summed E-state index contributed by atoms with van der Waals surface area (Å²) in [6.07, 6.45) is 0. The van der Waals surface area contributed by atoms with E-state index in [1.54, 1.807) is 0 Å². The molecule has 0 atom stereocenters. The first-order chi connectivity index (χ1) is 27.3. The summed E-state index contributed by atoms with van der Waals surface area (Å²) < 4.78 is 0. The third-order valence-electron chi connectivity index (χ3n) is 11.4. The maximum atomic E-state index is 2.43. The summed E-state index contributed by atoms with van der Waals surface area (Å²) in [5.74, 6) is 0. The van der Waals surface area contributed by atoms with E-state index in [0.29, 0.717) is 0 Å². The fourth-order valence-corrected chi connectivity index (χ4v) is 8.81. The first-order valence-corrected chi connectivity index (χ1v) is 19.0. The average molecular weight is 698 g/mol. The molecule has 11 aromatic rings. The van der Waals surface area contributed by atoms with Gasteiger partial charge in [-0.25, -0.2) is 0 Å². The van der Waals surface area contributed by atoms with Crippen LogP contribution in [0.2, 0.25) is 0 Å². The van der Waals surface area contributed by atoms with E-state index in [9.17, 15) is 0 Å². The number of hydrogen-bond acceptors (Lipinski definition) is 1. The summed E-state index contributed by atoms with van der Waals surface area (Å²) in [6.45, 7) is 0. The highest BCUT2D eigenvalue weighted by atomic mass is 15.1. The van der Waals surface area contributed by atoms with Gasteiger partial charge in [0.2, 0.25) is 0 Å². The molecule has 0 bridgehead atoms. The topological polar surface area (TPSA) is 3.24 Å². The van der Waals surface area contributed by atoms with Crippen LogP contribution < -0.4 is 4.90 Å². The van der Waals surface area contributed by atoms with Crippen LogP contribution in [0.15, 0.2) is 212 Å². The van der Waals surface area contributed by atoms with Crippen LogP contribution in [0.1, 0.15) is 0 Å². The summed E-state index contributed by atoms with van der Waals surface area (Å²) >= 11 is 0. The molecule has 256 valence electrons. The van der Waals surface area contributed by atoms with Crippen LogP contribution >= 0.6 is 0 Å². The van der Waals surface area contributed by atoms with Gasteiger partial charge in [-0.3, -0.25) is 0 Å². The molecule has 0 saturated heterocycles. The quantitative estimate of drug-likeness (QED) is 0.162. The van der Waals surface area contributed by atoms with Gasteiger partial charge >= 0.3 is 0 Å². The van der Waals surface area contributed by atoms with Crippen LogP contribution in [0.4, 0.5) is 17.1 Å². The minimum Gasteiger partial charge on any atom is -0.310 e. The molecule has 0 fully saturated rings. The van der Waals surface area contributed by atoms with Gasteiger partial charge in [-0.1, -0.05) is 170 Å². The predicted molar refractivity (Wildman–Crippen MR) is 237 cm³/mol. The molecule has 0 amide bonds. The Balaban J connectivity index is 1.09. The second-order valence-electron chi connectivity index (χ2n) is 14.5. The SMILES string of the molecule is c1ccc2c(c1)cc(-c1ccc(N(c3ccc(-c4cc5ccccc5c5ccccc45)cc3)c3cc4ccccc4c4ccccc34)cc1)c1ccccc12. The molecular weight excluding hydrogens is 663 g/mol. The van der Waals surface area contributed by atoms with E-state index < -0.39 is 0 Å². The molecular formula is C54H35N. The van der Waals surface area contributed by atoms with Crippen molar-refractivity contribution in [3.05, 3.63) is 212 Å². The Bertz CT molecular complexity index is 3090. The molecule has 1 heteroatoms. The zero-order valence-electron chi connectivity index (χ0n) is 30.2. The van der Waals surface area contributed by atoms with Crippen molar-refractivity contribution in [1.29, 1.82) is 0 Å². The molecule has 11 aromatic carbocycles. The highest BCUT2D eigenvalue weighted by molar-refractivity contribution is 6.16. The van der Waals surface area contributed by atoms with Gasteiger partial charge in [-0.2, -0.15) is 0 Å². The van der Waals surface area contributed by atoms with Crippen molar-refractivity contribution in [3.63, 3.8) is 0 Å². The van der Waals surface area contributed by atoms with Crippen LogP contribution in [0, 0.1) is 0 Å². The zero-order valence-corrected chi connectivity index (χ0v) is 30.2. The lowest BCUT2D eigenvalue weighted by Gasteiger charge is -2.28. The number of benzene rings is 11. The highest BCUT2D eigenvalue weighted by Crippen LogP contribution is 2.44. The number of hydrogen-bond donors (Lipinski definition) is 0. The van der Waals surface area contributed by atoms with Gasteiger partial charge in [0.05, 0.1) is 5.69 Å². The van der Waals surface area contributed by atoms with Crippen LogP contribution in [-0.2, 0) is 0 Å². The van der Waals surface area contributed by atoms with Crippen LogP contribution in [0.25, 0.3) is 86.9 Å². The van der Waals surface area contributed by atoms with Crippen molar-refractivity contribution in [2.45, 2.75) is 0 Å². The largest absolute Gasteiger partial charge is 0.310 e. The smallest absolute Gasteiger partial charge is 0.0546 e. The molecule has 0 saturated carbocycles. The molecule has 0 N–H and O–H groups in total. The van der Waals surface area contributed by atoms with Gasteiger partial charge in [0.25, 0.3) is 0 Å². The normalized spacial score (nSPS) is 11.6. The van der Waals surface area contributed by atoms with E-state index in [1.165, 1.54) is 86.9 Å². The summed E-state index contributed by atoms with van der Waals surface area (Å²) in [6, 6.07) is 77.8. The zero-order chi connectivity index (χ0) is 36.3. The molecule has 0 aliphatic heterocycles. The summed E-state index contributed by atoms with van der Waals surface area (Å²) in [4.78, 5) is 2.43. The lowest BCUT2D eigenvalue weighted by atomic mass is 9.93. The van der Waals surface area contributed by atoms with Crippen LogP contribution in [-0.4, -0.2) is 0 Å². The van der Waals surface area contributed by atoms with Gasteiger partial charge in [0.1, 0.15) is 0 Å². The highest BCUT2D eigenvalue weighted by Gasteiger charge is 2.19. The Hall–Kier alpha value is -7.22. The molecule has 1 nitrogen and oxygen atoms in total. The summed E-state index contributed by atoms with van der Waals surface area (Å²) in [5, 5.41) is 15.1. The molecule has 0 aliphatic rings. The molecule has 0 heterocycles. The monoisotopic (exact) mass is 697 g/mol. The van der Waals surface area contributed by atoms with Crippen LogP contribution in [0.5, 0.6) is 0 Å². The van der Waals surface area contributed by atoms with Crippen molar-refractivity contribution in [2.75, 3.05) is 4.90 Å².